The maximum atomic E-state index is 12.3. The van der Waals surface area contributed by atoms with E-state index in [1.54, 1.807) is 6.92 Å². The van der Waals surface area contributed by atoms with E-state index in [-0.39, 0.29) is 24.7 Å². The molecule has 0 aliphatic heterocycles. The molecule has 0 aliphatic rings. The van der Waals surface area contributed by atoms with Crippen LogP contribution < -0.4 is 16.2 Å². The summed E-state index contributed by atoms with van der Waals surface area (Å²) in [6.45, 7) is 6.54. The quantitative estimate of drug-likeness (QED) is 0.556. The fourth-order valence-corrected chi connectivity index (χ4v) is 2.98. The molecule has 30 heavy (non-hydrogen) atoms. The van der Waals surface area contributed by atoms with Gasteiger partial charge in [-0.2, -0.15) is 0 Å². The molecular weight excluding hydrogens is 378 g/mol. The van der Waals surface area contributed by atoms with Gasteiger partial charge in [-0.25, -0.2) is 0 Å². The zero-order chi connectivity index (χ0) is 21.9. The molecule has 0 fully saturated rings. The molecule has 0 spiro atoms. The Morgan fingerprint density at radius 3 is 2.03 bits per heavy atom. The van der Waals surface area contributed by atoms with Crippen molar-refractivity contribution >= 4 is 17.7 Å². The van der Waals surface area contributed by atoms with E-state index < -0.39 is 11.8 Å². The number of hydrazine groups is 1. The molecule has 0 bridgehead atoms. The van der Waals surface area contributed by atoms with Crippen LogP contribution in [0.3, 0.4) is 0 Å². The third kappa shape index (κ3) is 8.07. The summed E-state index contributed by atoms with van der Waals surface area (Å²) in [5.41, 5.74) is 7.93. The van der Waals surface area contributed by atoms with E-state index in [9.17, 15) is 14.4 Å². The molecule has 3 N–H and O–H groups in total. The molecular formula is C24H31N3O3. The molecule has 3 amide bonds. The van der Waals surface area contributed by atoms with E-state index in [4.69, 9.17) is 0 Å². The Morgan fingerprint density at radius 1 is 0.767 bits per heavy atom. The van der Waals surface area contributed by atoms with Gasteiger partial charge in [0.2, 0.25) is 17.7 Å². The molecule has 2 rings (SSSR count). The van der Waals surface area contributed by atoms with E-state index in [0.29, 0.717) is 12.5 Å². The minimum Gasteiger partial charge on any atom is -0.352 e. The molecule has 0 saturated carbocycles. The third-order valence-corrected chi connectivity index (χ3v) is 4.75. The lowest BCUT2D eigenvalue weighted by atomic mass is 9.96. The molecule has 2 aromatic rings. The van der Waals surface area contributed by atoms with E-state index in [0.717, 1.165) is 17.5 Å². The molecule has 0 aromatic heterocycles. The van der Waals surface area contributed by atoms with Crippen molar-refractivity contribution < 1.29 is 14.4 Å². The number of hydrogen-bond donors (Lipinski definition) is 3. The van der Waals surface area contributed by atoms with E-state index >= 15 is 0 Å². The first-order valence-corrected chi connectivity index (χ1v) is 10.3. The molecule has 0 aliphatic carbocycles. The summed E-state index contributed by atoms with van der Waals surface area (Å²) in [4.78, 5) is 36.1. The highest BCUT2D eigenvalue weighted by Gasteiger charge is 2.16. The average molecular weight is 410 g/mol. The summed E-state index contributed by atoms with van der Waals surface area (Å²) in [5, 5.41) is 2.77. The number of carbonyl (C=O) groups excluding carboxylic acids is 3. The normalized spacial score (nSPS) is 11.6. The lowest BCUT2D eigenvalue weighted by Crippen LogP contribution is -2.43. The van der Waals surface area contributed by atoms with Gasteiger partial charge in [0.15, 0.2) is 0 Å². The van der Waals surface area contributed by atoms with Crippen LogP contribution in [-0.4, -0.2) is 17.7 Å². The lowest BCUT2D eigenvalue weighted by Gasteiger charge is -2.14. The fraction of sp³-hybridized carbons (Fsp3) is 0.375. The van der Waals surface area contributed by atoms with Crippen LogP contribution in [0, 0.1) is 5.92 Å². The Kier molecular flexibility index (Phi) is 9.06. The Labute approximate surface area is 178 Å². The van der Waals surface area contributed by atoms with Crippen molar-refractivity contribution in [1.82, 2.24) is 16.2 Å². The van der Waals surface area contributed by atoms with Crippen molar-refractivity contribution in [3.63, 3.8) is 0 Å². The molecule has 0 heterocycles. The van der Waals surface area contributed by atoms with Crippen molar-refractivity contribution in [3.05, 3.63) is 71.3 Å². The number of benzene rings is 2. The van der Waals surface area contributed by atoms with Crippen LogP contribution in [-0.2, 0) is 27.3 Å². The number of hydrogen-bond acceptors (Lipinski definition) is 3. The van der Waals surface area contributed by atoms with Crippen LogP contribution >= 0.6 is 0 Å². The standard InChI is InChI=1S/C24H31N3O3/c1-17(2)15-19-9-11-21(12-10-19)18(3)24(30)27-26-23(29)14-13-22(28)25-16-20-7-5-4-6-8-20/h4-12,17-18H,13-16H2,1-3H3,(H,25,28)(H,26,29)(H,27,30). The summed E-state index contributed by atoms with van der Waals surface area (Å²) in [6.07, 6.45) is 1.05. The van der Waals surface area contributed by atoms with Crippen LogP contribution in [0.2, 0.25) is 0 Å². The summed E-state index contributed by atoms with van der Waals surface area (Å²) in [6, 6.07) is 17.5. The second-order valence-electron chi connectivity index (χ2n) is 7.86. The first-order valence-electron chi connectivity index (χ1n) is 10.3. The molecule has 1 unspecified atom stereocenters. The zero-order valence-corrected chi connectivity index (χ0v) is 17.9. The lowest BCUT2D eigenvalue weighted by molar-refractivity contribution is -0.130. The first-order chi connectivity index (χ1) is 14.3. The Hall–Kier alpha value is -3.15. The van der Waals surface area contributed by atoms with E-state index in [1.807, 2.05) is 54.6 Å². The highest BCUT2D eigenvalue weighted by atomic mass is 16.2. The van der Waals surface area contributed by atoms with Crippen molar-refractivity contribution in [2.45, 2.75) is 52.5 Å². The smallest absolute Gasteiger partial charge is 0.245 e. The van der Waals surface area contributed by atoms with Gasteiger partial charge >= 0.3 is 0 Å². The Balaban J connectivity index is 1.69. The minimum absolute atomic E-state index is 0.000810. The van der Waals surface area contributed by atoms with Crippen molar-refractivity contribution in [3.8, 4) is 0 Å². The summed E-state index contributed by atoms with van der Waals surface area (Å²) in [5.74, 6) is -0.735. The van der Waals surface area contributed by atoms with Gasteiger partial charge in [-0.1, -0.05) is 68.4 Å². The highest BCUT2D eigenvalue weighted by Crippen LogP contribution is 2.17. The van der Waals surface area contributed by atoms with Crippen LogP contribution in [0.15, 0.2) is 54.6 Å². The number of nitrogens with one attached hydrogen (secondary N) is 3. The number of rotatable bonds is 9. The monoisotopic (exact) mass is 409 g/mol. The van der Waals surface area contributed by atoms with Gasteiger partial charge in [0.05, 0.1) is 5.92 Å². The second kappa shape index (κ2) is 11.8. The van der Waals surface area contributed by atoms with Crippen molar-refractivity contribution in [2.24, 2.45) is 5.92 Å². The van der Waals surface area contributed by atoms with Gasteiger partial charge in [-0.15, -0.1) is 0 Å². The van der Waals surface area contributed by atoms with Gasteiger partial charge < -0.3 is 5.32 Å². The average Bonchev–Trinajstić information content (AvgIpc) is 2.75. The van der Waals surface area contributed by atoms with Gasteiger partial charge in [-0.3, -0.25) is 25.2 Å². The van der Waals surface area contributed by atoms with Crippen LogP contribution in [0.5, 0.6) is 0 Å². The van der Waals surface area contributed by atoms with Gasteiger partial charge in [0.1, 0.15) is 0 Å². The Morgan fingerprint density at radius 2 is 1.40 bits per heavy atom. The molecule has 6 heteroatoms. The van der Waals surface area contributed by atoms with E-state index in [2.05, 4.69) is 30.0 Å². The predicted molar refractivity (Wildman–Crippen MR) is 117 cm³/mol. The van der Waals surface area contributed by atoms with Crippen molar-refractivity contribution in [2.75, 3.05) is 0 Å². The zero-order valence-electron chi connectivity index (χ0n) is 17.9. The molecule has 0 radical (unpaired) electrons. The molecule has 0 saturated heterocycles. The van der Waals surface area contributed by atoms with Crippen LogP contribution in [0.4, 0.5) is 0 Å². The third-order valence-electron chi connectivity index (χ3n) is 4.75. The number of carbonyl (C=O) groups is 3. The van der Waals surface area contributed by atoms with Crippen LogP contribution in [0.1, 0.15) is 56.2 Å². The molecule has 2 aromatic carbocycles. The maximum absolute atomic E-state index is 12.3. The second-order valence-corrected chi connectivity index (χ2v) is 7.86. The van der Waals surface area contributed by atoms with Gasteiger partial charge in [0, 0.05) is 19.4 Å². The molecule has 6 nitrogen and oxygen atoms in total. The predicted octanol–water partition coefficient (Wildman–Crippen LogP) is 3.23. The molecule has 160 valence electrons. The van der Waals surface area contributed by atoms with Crippen LogP contribution in [0.25, 0.3) is 0 Å². The first kappa shape index (κ1) is 23.1. The maximum Gasteiger partial charge on any atom is 0.245 e. The fourth-order valence-electron chi connectivity index (χ4n) is 2.98. The SMILES string of the molecule is CC(C)Cc1ccc(C(C)C(=O)NNC(=O)CCC(=O)NCc2ccccc2)cc1. The summed E-state index contributed by atoms with van der Waals surface area (Å²) in [7, 11) is 0. The largest absolute Gasteiger partial charge is 0.352 e. The topological polar surface area (TPSA) is 87.3 Å². The minimum atomic E-state index is -0.405. The molecule has 1 atom stereocenters. The summed E-state index contributed by atoms with van der Waals surface area (Å²) < 4.78 is 0. The van der Waals surface area contributed by atoms with E-state index in [1.165, 1.54) is 5.56 Å². The van der Waals surface area contributed by atoms with Gasteiger partial charge in [0.25, 0.3) is 0 Å². The summed E-state index contributed by atoms with van der Waals surface area (Å²) >= 11 is 0. The number of amides is 3. The Bertz CT molecular complexity index is 833. The van der Waals surface area contributed by atoms with Gasteiger partial charge in [-0.05, 0) is 36.0 Å². The van der Waals surface area contributed by atoms with Crippen molar-refractivity contribution in [1.29, 1.82) is 0 Å². The highest BCUT2D eigenvalue weighted by molar-refractivity contribution is 5.87.